The van der Waals surface area contributed by atoms with E-state index >= 15 is 0 Å². The van der Waals surface area contributed by atoms with Gasteiger partial charge in [0.15, 0.2) is 11.6 Å². The molecule has 1 radical (unpaired) electrons. The van der Waals surface area contributed by atoms with Crippen LogP contribution >= 0.6 is 0 Å². The van der Waals surface area contributed by atoms with Crippen LogP contribution in [0, 0.1) is 11.6 Å². The van der Waals surface area contributed by atoms with Crippen LogP contribution in [-0.4, -0.2) is 11.9 Å². The topological polar surface area (TPSA) is 52.6 Å². The zero-order valence-corrected chi connectivity index (χ0v) is 8.54. The van der Waals surface area contributed by atoms with Gasteiger partial charge in [-0.2, -0.15) is 0 Å². The summed E-state index contributed by atoms with van der Waals surface area (Å²) in [4.78, 5) is 26.4. The first kappa shape index (κ1) is 15.4. The van der Waals surface area contributed by atoms with Gasteiger partial charge in [0.1, 0.15) is 11.1 Å². The molecule has 0 aliphatic heterocycles. The van der Waals surface area contributed by atoms with Crippen LogP contribution in [0.25, 0.3) is 0 Å². The van der Waals surface area contributed by atoms with Crippen molar-refractivity contribution in [3.63, 3.8) is 0 Å². The molecule has 0 saturated carbocycles. The molecule has 0 N–H and O–H groups in total. The van der Waals surface area contributed by atoms with E-state index in [2.05, 4.69) is 9.88 Å². The van der Waals surface area contributed by atoms with Gasteiger partial charge in [-0.1, -0.05) is 0 Å². The molecule has 17 heavy (non-hydrogen) atoms. The van der Waals surface area contributed by atoms with E-state index in [0.29, 0.717) is 12.1 Å². The predicted molar refractivity (Wildman–Crippen MR) is 39.4 cm³/mol. The van der Waals surface area contributed by atoms with Crippen LogP contribution in [0.2, 0.25) is 0 Å². The third-order valence-electron chi connectivity index (χ3n) is 1.66. The van der Waals surface area contributed by atoms with Gasteiger partial charge in [0.2, 0.25) is 0 Å². The number of carbonyl (C=O) groups excluding carboxylic acids is 2. The number of rotatable bonds is 2. The average Bonchev–Trinajstić information content (AvgIpc) is 2.30. The first-order valence-electron chi connectivity index (χ1n) is 3.66. The van der Waals surface area contributed by atoms with E-state index in [1.54, 1.807) is 0 Å². The second kappa shape index (κ2) is 6.21. The van der Waals surface area contributed by atoms with Gasteiger partial charge in [-0.25, -0.2) is 28.3 Å². The van der Waals surface area contributed by atoms with E-state index in [4.69, 9.17) is 0 Å². The van der Waals surface area contributed by atoms with Crippen molar-refractivity contribution in [2.24, 2.45) is 0 Å². The molecule has 0 atom stereocenters. The van der Waals surface area contributed by atoms with Gasteiger partial charge in [-0.05, 0) is 12.1 Å². The van der Waals surface area contributed by atoms with Gasteiger partial charge in [0, 0.05) is 26.1 Å². The summed E-state index contributed by atoms with van der Waals surface area (Å²) in [5.74, 6) is -7.25. The summed E-state index contributed by atoms with van der Waals surface area (Å²) in [6, 6.07) is 1.10. The molecule has 1 aromatic carbocycles. The second-order valence-electron chi connectivity index (χ2n) is 2.52. The SMILES string of the molecule is O=C(OF)c1ccc(C(=O)OF)c(F)c1F.[Cu]. The molecule has 97 valence electrons. The standard InChI is InChI=1S/C8H2F4O4.Cu/c9-5-3(7(13)15-11)1-2-4(6(5)10)8(14)16-12;/h1-2H;. The van der Waals surface area contributed by atoms with Crippen molar-refractivity contribution in [1.82, 2.24) is 0 Å². The number of benzene rings is 1. The quantitative estimate of drug-likeness (QED) is 0.620. The predicted octanol–water partition coefficient (Wildman–Crippen LogP) is 2.04. The molecule has 0 fully saturated rings. The Morgan fingerprint density at radius 3 is 1.41 bits per heavy atom. The molecule has 9 heteroatoms. The zero-order valence-electron chi connectivity index (χ0n) is 7.60. The molecule has 0 aliphatic rings. The molecule has 0 spiro atoms. The monoisotopic (exact) mass is 301 g/mol. The zero-order chi connectivity index (χ0) is 12.3. The fourth-order valence-corrected chi connectivity index (χ4v) is 0.948. The summed E-state index contributed by atoms with van der Waals surface area (Å²) in [5, 5.41) is 0. The Labute approximate surface area is 102 Å². The smallest absolute Gasteiger partial charge is 0.249 e. The van der Waals surface area contributed by atoms with Gasteiger partial charge in [-0.15, -0.1) is 0 Å². The summed E-state index contributed by atoms with van der Waals surface area (Å²) in [6.45, 7) is 0. The maximum absolute atomic E-state index is 13.0. The summed E-state index contributed by atoms with van der Waals surface area (Å²) in [5.41, 5.74) is -2.15. The summed E-state index contributed by atoms with van der Waals surface area (Å²) < 4.78 is 48.9. The Bertz CT molecular complexity index is 410. The Kier molecular flexibility index (Phi) is 5.63. The molecule has 0 unspecified atom stereocenters. The molecule has 1 aromatic rings. The number of carbonyl (C=O) groups is 2. The van der Waals surface area contributed by atoms with Crippen LogP contribution in [0.15, 0.2) is 12.1 Å². The first-order chi connectivity index (χ1) is 7.52. The van der Waals surface area contributed by atoms with Crippen LogP contribution in [0.3, 0.4) is 0 Å². The fourth-order valence-electron chi connectivity index (χ4n) is 0.948. The maximum Gasteiger partial charge on any atom is 0.382 e. The largest absolute Gasteiger partial charge is 0.382 e. The second-order valence-corrected chi connectivity index (χ2v) is 2.52. The maximum atomic E-state index is 13.0. The molecule has 0 bridgehead atoms. The Morgan fingerprint density at radius 2 is 1.18 bits per heavy atom. The third-order valence-corrected chi connectivity index (χ3v) is 1.66. The summed E-state index contributed by atoms with van der Waals surface area (Å²) in [7, 11) is 0. The van der Waals surface area contributed by atoms with Crippen molar-refractivity contribution in [1.29, 1.82) is 0 Å². The van der Waals surface area contributed by atoms with E-state index in [1.807, 2.05) is 0 Å². The number of halogens is 4. The normalized spacial score (nSPS) is 9.18. The fraction of sp³-hybridized carbons (Fsp3) is 0. The van der Waals surface area contributed by atoms with Crippen LogP contribution in [0.1, 0.15) is 20.7 Å². The van der Waals surface area contributed by atoms with E-state index in [-0.39, 0.29) is 17.1 Å². The third kappa shape index (κ3) is 2.95. The van der Waals surface area contributed by atoms with Crippen molar-refractivity contribution in [2.45, 2.75) is 0 Å². The molecule has 0 heterocycles. The van der Waals surface area contributed by atoms with Crippen molar-refractivity contribution in [3.8, 4) is 0 Å². The van der Waals surface area contributed by atoms with Crippen molar-refractivity contribution >= 4 is 11.9 Å². The average molecular weight is 302 g/mol. The first-order valence-corrected chi connectivity index (χ1v) is 3.66. The summed E-state index contributed by atoms with van der Waals surface area (Å²) >= 11 is 0. The van der Waals surface area contributed by atoms with Crippen LogP contribution in [-0.2, 0) is 27.0 Å². The number of hydrogen-bond acceptors (Lipinski definition) is 4. The van der Waals surface area contributed by atoms with E-state index in [0.717, 1.165) is 0 Å². The number of hydrogen-bond donors (Lipinski definition) is 0. The molecular weight excluding hydrogens is 300 g/mol. The Hall–Kier alpha value is -1.60. The Morgan fingerprint density at radius 1 is 0.882 bits per heavy atom. The molecular formula is C8H2CuF4O4. The van der Waals surface area contributed by atoms with Crippen LogP contribution in [0.5, 0.6) is 0 Å². The molecule has 0 saturated heterocycles. The minimum Gasteiger partial charge on any atom is -0.249 e. The van der Waals surface area contributed by atoms with E-state index in [9.17, 15) is 27.4 Å². The van der Waals surface area contributed by atoms with Gasteiger partial charge >= 0.3 is 11.9 Å². The van der Waals surface area contributed by atoms with Gasteiger partial charge in [0.05, 0.1) is 0 Å². The minimum absolute atomic E-state index is 0. The molecule has 0 aromatic heterocycles. The van der Waals surface area contributed by atoms with E-state index < -0.39 is 34.7 Å². The molecule has 1 rings (SSSR count). The van der Waals surface area contributed by atoms with Gasteiger partial charge in [0.25, 0.3) is 0 Å². The van der Waals surface area contributed by atoms with Gasteiger partial charge < -0.3 is 0 Å². The molecule has 4 nitrogen and oxygen atoms in total. The molecule has 0 aliphatic carbocycles. The molecule has 0 amide bonds. The van der Waals surface area contributed by atoms with Gasteiger partial charge in [-0.3, -0.25) is 0 Å². The summed E-state index contributed by atoms with van der Waals surface area (Å²) in [6.07, 6.45) is 0. The van der Waals surface area contributed by atoms with Crippen LogP contribution < -0.4 is 0 Å². The van der Waals surface area contributed by atoms with E-state index in [1.165, 1.54) is 0 Å². The van der Waals surface area contributed by atoms with Crippen molar-refractivity contribution in [3.05, 3.63) is 34.9 Å². The minimum atomic E-state index is -1.84. The Balaban J connectivity index is 0.00000256. The van der Waals surface area contributed by atoms with Crippen LogP contribution in [0.4, 0.5) is 17.8 Å². The van der Waals surface area contributed by atoms with Crippen molar-refractivity contribution in [2.75, 3.05) is 0 Å². The van der Waals surface area contributed by atoms with Crippen molar-refractivity contribution < 1.29 is 54.4 Å².